The van der Waals surface area contributed by atoms with Crippen molar-refractivity contribution in [2.45, 2.75) is 39.4 Å². The Balaban J connectivity index is 1.98. The van der Waals surface area contributed by atoms with Crippen molar-refractivity contribution in [3.63, 3.8) is 0 Å². The highest BCUT2D eigenvalue weighted by atomic mass is 79.9. The minimum atomic E-state index is -2.72. The standard InChI is InChI=1S/C22H21BrClF2N5O2/c1-11-7-13(12(2)28-16-3-4-17(24)29-20(16)23)19-14(8-11)22(33)30(10-18(25)26)21-15(19)9-27-31(21)5-6-32/h3-4,7-9,12,18,28,32H,5-6,10H2,1-2H3. The van der Waals surface area contributed by atoms with E-state index < -0.39 is 18.5 Å². The van der Waals surface area contributed by atoms with Gasteiger partial charge in [-0.2, -0.15) is 5.10 Å². The van der Waals surface area contributed by atoms with E-state index in [1.165, 1.54) is 4.68 Å². The molecule has 0 saturated carbocycles. The summed E-state index contributed by atoms with van der Waals surface area (Å²) in [6.45, 7) is 2.86. The van der Waals surface area contributed by atoms with Gasteiger partial charge in [0.05, 0.1) is 31.6 Å². The molecule has 4 rings (SSSR count). The molecule has 0 aliphatic rings. The van der Waals surface area contributed by atoms with Crippen LogP contribution in [0.3, 0.4) is 0 Å². The first-order valence-electron chi connectivity index (χ1n) is 10.2. The van der Waals surface area contributed by atoms with Crippen molar-refractivity contribution in [2.24, 2.45) is 0 Å². The number of rotatable bonds is 7. The van der Waals surface area contributed by atoms with Crippen molar-refractivity contribution in [1.82, 2.24) is 19.3 Å². The largest absolute Gasteiger partial charge is 0.394 e. The summed E-state index contributed by atoms with van der Waals surface area (Å²) in [6, 6.07) is 6.84. The van der Waals surface area contributed by atoms with Crippen LogP contribution in [0.4, 0.5) is 14.5 Å². The lowest BCUT2D eigenvalue weighted by Gasteiger charge is -2.21. The third kappa shape index (κ3) is 4.47. The Morgan fingerprint density at radius 2 is 2.03 bits per heavy atom. The van der Waals surface area contributed by atoms with Gasteiger partial charge in [0, 0.05) is 22.2 Å². The zero-order chi connectivity index (χ0) is 23.9. The third-order valence-electron chi connectivity index (χ3n) is 5.41. The van der Waals surface area contributed by atoms with Gasteiger partial charge < -0.3 is 10.4 Å². The van der Waals surface area contributed by atoms with Crippen molar-refractivity contribution in [3.8, 4) is 0 Å². The molecular formula is C22H21BrClF2N5O2. The van der Waals surface area contributed by atoms with Gasteiger partial charge in [-0.25, -0.2) is 18.4 Å². The van der Waals surface area contributed by atoms with Gasteiger partial charge >= 0.3 is 0 Å². The van der Waals surface area contributed by atoms with Gasteiger partial charge in [0.2, 0.25) is 0 Å². The fourth-order valence-electron chi connectivity index (χ4n) is 4.10. The number of benzene rings is 1. The molecule has 0 bridgehead atoms. The molecule has 7 nitrogen and oxygen atoms in total. The van der Waals surface area contributed by atoms with Crippen molar-refractivity contribution in [2.75, 3.05) is 11.9 Å². The molecular weight excluding hydrogens is 520 g/mol. The van der Waals surface area contributed by atoms with E-state index in [4.69, 9.17) is 11.6 Å². The third-order valence-corrected chi connectivity index (χ3v) is 6.23. The predicted molar refractivity (Wildman–Crippen MR) is 128 cm³/mol. The molecule has 11 heteroatoms. The lowest BCUT2D eigenvalue weighted by atomic mass is 9.95. The number of aliphatic hydroxyl groups is 1. The van der Waals surface area contributed by atoms with Crippen LogP contribution in [0.1, 0.15) is 24.1 Å². The Labute approximate surface area is 201 Å². The second-order valence-corrected chi connectivity index (χ2v) is 8.89. The van der Waals surface area contributed by atoms with Crippen molar-refractivity contribution in [1.29, 1.82) is 0 Å². The highest BCUT2D eigenvalue weighted by Gasteiger charge is 2.22. The number of hydrogen-bond acceptors (Lipinski definition) is 5. The molecule has 0 saturated heterocycles. The minimum Gasteiger partial charge on any atom is -0.394 e. The Kier molecular flexibility index (Phi) is 6.69. The van der Waals surface area contributed by atoms with E-state index in [0.29, 0.717) is 31.6 Å². The van der Waals surface area contributed by atoms with E-state index in [0.717, 1.165) is 15.7 Å². The number of alkyl halides is 2. The normalized spacial score (nSPS) is 12.7. The van der Waals surface area contributed by atoms with E-state index in [9.17, 15) is 18.7 Å². The second-order valence-electron chi connectivity index (χ2n) is 7.75. The van der Waals surface area contributed by atoms with Crippen LogP contribution in [0.15, 0.2) is 39.9 Å². The number of aryl methyl sites for hydroxylation is 1. The lowest BCUT2D eigenvalue weighted by molar-refractivity contribution is 0.126. The summed E-state index contributed by atoms with van der Waals surface area (Å²) >= 11 is 9.34. The molecule has 33 heavy (non-hydrogen) atoms. The molecule has 0 aliphatic carbocycles. The highest BCUT2D eigenvalue weighted by Crippen LogP contribution is 2.34. The maximum atomic E-state index is 13.4. The number of hydrogen-bond donors (Lipinski definition) is 2. The average Bonchev–Trinajstić information content (AvgIpc) is 3.16. The number of anilines is 1. The number of fused-ring (bicyclic) bond motifs is 3. The molecule has 0 spiro atoms. The fourth-order valence-corrected chi connectivity index (χ4v) is 4.79. The summed E-state index contributed by atoms with van der Waals surface area (Å²) in [6.07, 6.45) is -1.17. The van der Waals surface area contributed by atoms with Crippen molar-refractivity contribution < 1.29 is 13.9 Å². The molecule has 1 aromatic carbocycles. The zero-order valence-corrected chi connectivity index (χ0v) is 20.2. The van der Waals surface area contributed by atoms with Crippen LogP contribution in [0, 0.1) is 6.92 Å². The monoisotopic (exact) mass is 539 g/mol. The first-order chi connectivity index (χ1) is 15.7. The van der Waals surface area contributed by atoms with Crippen LogP contribution in [0.25, 0.3) is 21.8 Å². The Morgan fingerprint density at radius 3 is 2.70 bits per heavy atom. The topological polar surface area (TPSA) is 85.0 Å². The molecule has 1 atom stereocenters. The zero-order valence-electron chi connectivity index (χ0n) is 17.8. The summed E-state index contributed by atoms with van der Waals surface area (Å²) < 4.78 is 29.7. The van der Waals surface area contributed by atoms with Gasteiger partial charge in [0.1, 0.15) is 15.4 Å². The van der Waals surface area contributed by atoms with Crippen LogP contribution in [0.2, 0.25) is 5.15 Å². The summed E-state index contributed by atoms with van der Waals surface area (Å²) in [7, 11) is 0. The van der Waals surface area contributed by atoms with E-state index in [1.54, 1.807) is 24.4 Å². The number of pyridine rings is 2. The van der Waals surface area contributed by atoms with Gasteiger partial charge in [-0.05, 0) is 59.1 Å². The van der Waals surface area contributed by atoms with Gasteiger partial charge in [-0.1, -0.05) is 17.7 Å². The summed E-state index contributed by atoms with van der Waals surface area (Å²) in [5.74, 6) is 0. The first kappa shape index (κ1) is 23.6. The number of nitrogens with zero attached hydrogens (tertiary/aromatic N) is 4. The molecule has 3 aromatic heterocycles. The average molecular weight is 541 g/mol. The van der Waals surface area contributed by atoms with Gasteiger partial charge in [0.15, 0.2) is 0 Å². The number of nitrogens with one attached hydrogen (secondary N) is 1. The summed E-state index contributed by atoms with van der Waals surface area (Å²) in [4.78, 5) is 17.6. The Bertz CT molecular complexity index is 1410. The Hall–Kier alpha value is -2.56. The molecule has 1 unspecified atom stereocenters. The highest BCUT2D eigenvalue weighted by molar-refractivity contribution is 9.10. The molecule has 0 radical (unpaired) electrons. The van der Waals surface area contributed by atoms with Crippen LogP contribution in [-0.4, -0.2) is 37.5 Å². The first-order valence-corrected chi connectivity index (χ1v) is 11.4. The Morgan fingerprint density at radius 1 is 1.27 bits per heavy atom. The lowest BCUT2D eigenvalue weighted by Crippen LogP contribution is -2.26. The maximum Gasteiger partial charge on any atom is 0.260 e. The van der Waals surface area contributed by atoms with E-state index in [-0.39, 0.29) is 24.8 Å². The van der Waals surface area contributed by atoms with Crippen molar-refractivity contribution >= 4 is 55.0 Å². The van der Waals surface area contributed by atoms with Crippen molar-refractivity contribution in [3.05, 3.63) is 61.7 Å². The van der Waals surface area contributed by atoms with Gasteiger partial charge in [-0.3, -0.25) is 9.36 Å². The van der Waals surface area contributed by atoms with Crippen LogP contribution >= 0.6 is 27.5 Å². The number of halogens is 4. The van der Waals surface area contributed by atoms with Crippen LogP contribution < -0.4 is 10.9 Å². The van der Waals surface area contributed by atoms with Gasteiger partial charge in [-0.15, -0.1) is 0 Å². The maximum absolute atomic E-state index is 13.4. The number of aliphatic hydroxyl groups excluding tert-OH is 1. The smallest absolute Gasteiger partial charge is 0.260 e. The van der Waals surface area contributed by atoms with Gasteiger partial charge in [0.25, 0.3) is 12.0 Å². The molecule has 0 fully saturated rings. The van der Waals surface area contributed by atoms with E-state index in [2.05, 4.69) is 31.3 Å². The summed E-state index contributed by atoms with van der Waals surface area (Å²) in [5.41, 5.74) is 2.07. The predicted octanol–water partition coefficient (Wildman–Crippen LogP) is 4.90. The molecule has 0 amide bonds. The van der Waals surface area contributed by atoms with E-state index >= 15 is 0 Å². The molecule has 3 heterocycles. The fraction of sp³-hybridized carbons (Fsp3) is 0.318. The van der Waals surface area contributed by atoms with Crippen LogP contribution in [-0.2, 0) is 13.1 Å². The molecule has 2 N–H and O–H groups in total. The number of aromatic nitrogens is 4. The molecule has 4 aromatic rings. The minimum absolute atomic E-state index is 0.0794. The quantitative estimate of drug-likeness (QED) is 0.326. The van der Waals surface area contributed by atoms with E-state index in [1.807, 2.05) is 19.9 Å². The molecule has 0 aliphatic heterocycles. The molecule has 174 valence electrons. The SMILES string of the molecule is Cc1cc(C(C)Nc2ccc(Cl)nc2Br)c2c(c1)c(=O)n(CC(F)F)c1c2cnn1CCO. The summed E-state index contributed by atoms with van der Waals surface area (Å²) in [5, 5.41) is 18.9. The van der Waals surface area contributed by atoms with Crippen LogP contribution in [0.5, 0.6) is 0 Å². The second kappa shape index (κ2) is 9.36.